The van der Waals surface area contributed by atoms with Gasteiger partial charge in [0.15, 0.2) is 11.6 Å². The molecule has 2 saturated heterocycles. The summed E-state index contributed by atoms with van der Waals surface area (Å²) in [6.45, 7) is 7.21. The van der Waals surface area contributed by atoms with Crippen molar-refractivity contribution in [3.63, 3.8) is 0 Å². The monoisotopic (exact) mass is 499 g/mol. The van der Waals surface area contributed by atoms with Gasteiger partial charge in [0.1, 0.15) is 11.6 Å². The number of nitrogens with two attached hydrogens (primary N) is 1. The van der Waals surface area contributed by atoms with Crippen LogP contribution in [-0.2, 0) is 0 Å². The molecular weight excluding hydrogens is 468 g/mol. The van der Waals surface area contributed by atoms with Gasteiger partial charge in [-0.25, -0.2) is 18.7 Å². The van der Waals surface area contributed by atoms with Crippen molar-refractivity contribution < 1.29 is 18.0 Å². The smallest absolute Gasteiger partial charge is 0.324 e. The van der Waals surface area contributed by atoms with Gasteiger partial charge in [-0.15, -0.1) is 0 Å². The molecule has 9 nitrogen and oxygen atoms in total. The number of ether oxygens (including phenoxy) is 1. The van der Waals surface area contributed by atoms with Gasteiger partial charge in [0.2, 0.25) is 5.95 Å². The van der Waals surface area contributed by atoms with E-state index in [4.69, 9.17) is 15.0 Å². The van der Waals surface area contributed by atoms with E-state index in [1.807, 2.05) is 18.7 Å². The Labute approximate surface area is 208 Å². The van der Waals surface area contributed by atoms with Crippen molar-refractivity contribution in [2.45, 2.75) is 44.6 Å². The van der Waals surface area contributed by atoms with Crippen LogP contribution in [-0.4, -0.2) is 58.9 Å². The predicted molar refractivity (Wildman–Crippen MR) is 130 cm³/mol. The van der Waals surface area contributed by atoms with E-state index in [-0.39, 0.29) is 23.4 Å². The number of piperidine rings is 1. The Bertz CT molecular complexity index is 1170. The number of hydrogen-bond donors (Lipinski definition) is 1. The normalized spacial score (nSPS) is 20.9. The highest BCUT2D eigenvalue weighted by Gasteiger charge is 2.34. The molecule has 2 atom stereocenters. The highest BCUT2D eigenvalue weighted by molar-refractivity contribution is 5.39. The zero-order valence-corrected chi connectivity index (χ0v) is 20.5. The SMILES string of the molecule is CC(C)c1noc(N2CCC(COc3cnc(N4CC(N)C(c5cc(F)ccc5F)C4)nc3)CC2)n1. The fourth-order valence-corrected chi connectivity index (χ4v) is 4.76. The quantitative estimate of drug-likeness (QED) is 0.523. The second-order valence-corrected chi connectivity index (χ2v) is 9.89. The van der Waals surface area contributed by atoms with Crippen molar-refractivity contribution in [2.24, 2.45) is 11.7 Å². The first kappa shape index (κ1) is 24.4. The molecule has 0 saturated carbocycles. The van der Waals surface area contributed by atoms with E-state index in [1.165, 1.54) is 6.07 Å². The summed E-state index contributed by atoms with van der Waals surface area (Å²) in [6, 6.07) is 3.71. The first-order chi connectivity index (χ1) is 17.4. The molecule has 2 N–H and O–H groups in total. The van der Waals surface area contributed by atoms with E-state index >= 15 is 0 Å². The summed E-state index contributed by atoms with van der Waals surface area (Å²) in [6.07, 6.45) is 5.21. The lowest BCUT2D eigenvalue weighted by molar-refractivity contribution is 0.219. The maximum absolute atomic E-state index is 14.3. The molecule has 2 aliphatic rings. The average molecular weight is 500 g/mol. The third kappa shape index (κ3) is 5.25. The molecule has 36 heavy (non-hydrogen) atoms. The van der Waals surface area contributed by atoms with Crippen LogP contribution < -0.4 is 20.3 Å². The number of nitrogens with zero attached hydrogens (tertiary/aromatic N) is 6. The molecule has 3 aromatic rings. The fraction of sp³-hybridized carbons (Fsp3) is 0.520. The Morgan fingerprint density at radius 1 is 1.11 bits per heavy atom. The summed E-state index contributed by atoms with van der Waals surface area (Å²) in [5.41, 5.74) is 6.54. The summed E-state index contributed by atoms with van der Waals surface area (Å²) in [5.74, 6) is 1.19. The van der Waals surface area contributed by atoms with Gasteiger partial charge >= 0.3 is 6.01 Å². The van der Waals surface area contributed by atoms with Gasteiger partial charge in [-0.3, -0.25) is 0 Å². The molecule has 2 aliphatic heterocycles. The molecule has 5 rings (SSSR count). The zero-order valence-electron chi connectivity index (χ0n) is 20.5. The van der Waals surface area contributed by atoms with Gasteiger partial charge in [0.05, 0.1) is 19.0 Å². The molecule has 0 spiro atoms. The lowest BCUT2D eigenvalue weighted by Crippen LogP contribution is -2.35. The standard InChI is InChI=1S/C25H31F2N7O2/c1-15(2)23-31-25(36-32-23)33-7-5-16(6-8-33)14-35-18-10-29-24(30-11-18)34-12-20(22(28)13-34)19-9-17(26)3-4-21(19)27/h3-4,9-11,15-16,20,22H,5-8,12-14,28H2,1-2H3. The van der Waals surface area contributed by atoms with E-state index in [0.29, 0.717) is 43.3 Å². The highest BCUT2D eigenvalue weighted by atomic mass is 19.1. The fourth-order valence-electron chi connectivity index (χ4n) is 4.76. The van der Waals surface area contributed by atoms with Crippen LogP contribution in [0.15, 0.2) is 35.1 Å². The Morgan fingerprint density at radius 3 is 2.56 bits per heavy atom. The average Bonchev–Trinajstić information content (AvgIpc) is 3.52. The molecule has 0 amide bonds. The van der Waals surface area contributed by atoms with E-state index in [1.54, 1.807) is 12.4 Å². The number of halogens is 2. The van der Waals surface area contributed by atoms with Crippen LogP contribution in [0, 0.1) is 17.6 Å². The van der Waals surface area contributed by atoms with Crippen molar-refractivity contribution in [3.8, 4) is 5.75 Å². The Balaban J connectivity index is 1.11. The zero-order chi connectivity index (χ0) is 25.2. The lowest BCUT2D eigenvalue weighted by Gasteiger charge is -2.30. The van der Waals surface area contributed by atoms with Gasteiger partial charge in [-0.05, 0) is 42.5 Å². The summed E-state index contributed by atoms with van der Waals surface area (Å²) in [4.78, 5) is 17.3. The predicted octanol–water partition coefficient (Wildman–Crippen LogP) is 3.49. The van der Waals surface area contributed by atoms with Crippen molar-refractivity contribution in [3.05, 3.63) is 53.6 Å². The van der Waals surface area contributed by atoms with Crippen LogP contribution >= 0.6 is 0 Å². The highest BCUT2D eigenvalue weighted by Crippen LogP contribution is 2.31. The summed E-state index contributed by atoms with van der Waals surface area (Å²) in [7, 11) is 0. The van der Waals surface area contributed by atoms with E-state index < -0.39 is 11.6 Å². The minimum atomic E-state index is -0.476. The Morgan fingerprint density at radius 2 is 1.86 bits per heavy atom. The van der Waals surface area contributed by atoms with E-state index in [9.17, 15) is 8.78 Å². The first-order valence-corrected chi connectivity index (χ1v) is 12.4. The van der Waals surface area contributed by atoms with Crippen molar-refractivity contribution in [1.82, 2.24) is 20.1 Å². The van der Waals surface area contributed by atoms with E-state index in [0.717, 1.165) is 43.9 Å². The molecule has 192 valence electrons. The van der Waals surface area contributed by atoms with Crippen molar-refractivity contribution in [1.29, 1.82) is 0 Å². The molecular formula is C25H31F2N7O2. The number of aromatic nitrogens is 4. The van der Waals surface area contributed by atoms with Crippen molar-refractivity contribution in [2.75, 3.05) is 42.6 Å². The maximum atomic E-state index is 14.3. The molecule has 1 aromatic carbocycles. The molecule has 2 fully saturated rings. The number of rotatable bonds is 7. The molecule has 4 heterocycles. The van der Waals surface area contributed by atoms with Crippen LogP contribution in [0.1, 0.15) is 49.9 Å². The molecule has 11 heteroatoms. The van der Waals surface area contributed by atoms with E-state index in [2.05, 4.69) is 25.0 Å². The number of benzene rings is 1. The summed E-state index contributed by atoms with van der Waals surface area (Å²) in [5, 5.41) is 4.04. The maximum Gasteiger partial charge on any atom is 0.324 e. The third-order valence-corrected chi connectivity index (χ3v) is 6.94. The van der Waals surface area contributed by atoms with Gasteiger partial charge in [0, 0.05) is 44.1 Å². The van der Waals surface area contributed by atoms with Gasteiger partial charge < -0.3 is 24.8 Å². The minimum absolute atomic E-state index is 0.238. The minimum Gasteiger partial charge on any atom is -0.490 e. The first-order valence-electron chi connectivity index (χ1n) is 12.4. The molecule has 2 unspecified atom stereocenters. The summed E-state index contributed by atoms with van der Waals surface area (Å²) < 4.78 is 39.3. The largest absolute Gasteiger partial charge is 0.490 e. The molecule has 0 radical (unpaired) electrons. The van der Waals surface area contributed by atoms with Gasteiger partial charge in [-0.2, -0.15) is 4.98 Å². The molecule has 2 aromatic heterocycles. The number of hydrogen-bond acceptors (Lipinski definition) is 9. The third-order valence-electron chi connectivity index (χ3n) is 6.94. The Hall–Kier alpha value is -3.34. The topological polar surface area (TPSA) is 106 Å². The van der Waals surface area contributed by atoms with Gasteiger partial charge in [0.25, 0.3) is 0 Å². The van der Waals surface area contributed by atoms with Crippen LogP contribution in [0.2, 0.25) is 0 Å². The van der Waals surface area contributed by atoms with Crippen LogP contribution in [0.4, 0.5) is 20.7 Å². The van der Waals surface area contributed by atoms with Gasteiger partial charge in [-0.1, -0.05) is 19.0 Å². The lowest BCUT2D eigenvalue weighted by atomic mass is 9.94. The Kier molecular flexibility index (Phi) is 6.99. The van der Waals surface area contributed by atoms with Crippen molar-refractivity contribution >= 4 is 12.0 Å². The second-order valence-electron chi connectivity index (χ2n) is 9.89. The number of anilines is 2. The molecule has 0 aliphatic carbocycles. The van der Waals surface area contributed by atoms with Crippen LogP contribution in [0.3, 0.4) is 0 Å². The summed E-state index contributed by atoms with van der Waals surface area (Å²) >= 11 is 0. The second kappa shape index (κ2) is 10.3. The van der Waals surface area contributed by atoms with Crippen LogP contribution in [0.5, 0.6) is 5.75 Å². The van der Waals surface area contributed by atoms with Crippen LogP contribution in [0.25, 0.3) is 0 Å². The molecule has 0 bridgehead atoms.